The fourth-order valence-electron chi connectivity index (χ4n) is 0.640. The Labute approximate surface area is 93.8 Å². The van der Waals surface area contributed by atoms with E-state index in [-0.39, 0.29) is 11.0 Å². The highest BCUT2D eigenvalue weighted by Gasteiger charge is 2.11. The van der Waals surface area contributed by atoms with Crippen molar-refractivity contribution in [2.75, 3.05) is 6.61 Å². The minimum Gasteiger partial charge on any atom is -0.460 e. The van der Waals surface area contributed by atoms with Gasteiger partial charge in [-0.2, -0.15) is 0 Å². The lowest BCUT2D eigenvalue weighted by molar-refractivity contribution is 0.0512. The molecule has 1 heterocycles. The van der Waals surface area contributed by atoms with E-state index in [1.807, 2.05) is 22.6 Å². The van der Waals surface area contributed by atoms with E-state index in [9.17, 15) is 4.79 Å². The van der Waals surface area contributed by atoms with Crippen LogP contribution in [0.15, 0.2) is 6.20 Å². The van der Waals surface area contributed by atoms with Crippen molar-refractivity contribution in [1.82, 2.24) is 9.97 Å². The number of hydrogen-bond donors (Lipinski definition) is 0. The number of hydrogen-bond acceptors (Lipinski definition) is 4. The number of nitrogens with zero attached hydrogens (tertiary/aromatic N) is 2. The number of carbonyl (C=O) groups is 1. The number of carbonyl (C=O) groups excluding carboxylic acids is 1. The number of aromatic nitrogens is 2. The molecule has 1 aromatic rings. The van der Waals surface area contributed by atoms with E-state index in [0.29, 0.717) is 10.2 Å². The van der Waals surface area contributed by atoms with E-state index < -0.39 is 5.97 Å². The fraction of sp³-hybridized carbons (Fsp3) is 0.286. The van der Waals surface area contributed by atoms with Crippen LogP contribution in [0.25, 0.3) is 0 Å². The SMILES string of the molecule is CCOC(=O)c1ncc(I)c(Cl)n1. The molecule has 0 radical (unpaired) electrons. The Kier molecular flexibility index (Phi) is 3.86. The molecule has 0 fully saturated rings. The second kappa shape index (κ2) is 4.71. The number of ether oxygens (including phenoxy) is 1. The Balaban J connectivity index is 2.90. The van der Waals surface area contributed by atoms with Gasteiger partial charge in [0.2, 0.25) is 5.82 Å². The summed E-state index contributed by atoms with van der Waals surface area (Å²) < 4.78 is 5.40. The van der Waals surface area contributed by atoms with E-state index >= 15 is 0 Å². The maximum atomic E-state index is 11.1. The van der Waals surface area contributed by atoms with Crippen molar-refractivity contribution in [2.24, 2.45) is 0 Å². The molecule has 0 atom stereocenters. The highest BCUT2D eigenvalue weighted by Crippen LogP contribution is 2.13. The Bertz CT molecular complexity index is 332. The Hall–Kier alpha value is -0.430. The average Bonchev–Trinajstić information content (AvgIpc) is 2.10. The zero-order valence-corrected chi connectivity index (χ0v) is 9.66. The molecule has 0 bridgehead atoms. The second-order valence-corrected chi connectivity index (χ2v) is 3.57. The van der Waals surface area contributed by atoms with E-state index in [2.05, 4.69) is 9.97 Å². The van der Waals surface area contributed by atoms with Gasteiger partial charge in [-0.1, -0.05) is 11.6 Å². The monoisotopic (exact) mass is 312 g/mol. The highest BCUT2D eigenvalue weighted by atomic mass is 127. The van der Waals surface area contributed by atoms with Gasteiger partial charge < -0.3 is 4.74 Å². The minimum absolute atomic E-state index is 0.00716. The van der Waals surface area contributed by atoms with Crippen molar-refractivity contribution >= 4 is 40.2 Å². The van der Waals surface area contributed by atoms with Crippen molar-refractivity contribution in [3.8, 4) is 0 Å². The lowest BCUT2D eigenvalue weighted by Gasteiger charge is -2.00. The van der Waals surface area contributed by atoms with Gasteiger partial charge in [0.15, 0.2) is 0 Å². The molecule has 6 heteroatoms. The summed E-state index contributed by atoms with van der Waals surface area (Å²) in [6, 6.07) is 0. The lowest BCUT2D eigenvalue weighted by Crippen LogP contribution is -2.09. The predicted molar refractivity (Wildman–Crippen MR) is 55.7 cm³/mol. The zero-order chi connectivity index (χ0) is 9.84. The third-order valence-corrected chi connectivity index (χ3v) is 2.56. The molecule has 70 valence electrons. The van der Waals surface area contributed by atoms with Crippen LogP contribution in [0, 0.1) is 3.57 Å². The minimum atomic E-state index is -0.555. The van der Waals surface area contributed by atoms with Crippen molar-refractivity contribution in [3.05, 3.63) is 20.7 Å². The van der Waals surface area contributed by atoms with Gasteiger partial charge in [0.25, 0.3) is 0 Å². The Morgan fingerprint density at radius 3 is 3.00 bits per heavy atom. The van der Waals surface area contributed by atoms with Gasteiger partial charge in [-0.15, -0.1) is 0 Å². The van der Waals surface area contributed by atoms with Crippen LogP contribution in [0.2, 0.25) is 5.15 Å². The van der Waals surface area contributed by atoms with Crippen molar-refractivity contribution in [3.63, 3.8) is 0 Å². The highest BCUT2D eigenvalue weighted by molar-refractivity contribution is 14.1. The third kappa shape index (κ3) is 2.77. The van der Waals surface area contributed by atoms with Crippen LogP contribution in [0.5, 0.6) is 0 Å². The molecule has 1 rings (SSSR count). The van der Waals surface area contributed by atoms with Gasteiger partial charge in [-0.3, -0.25) is 0 Å². The second-order valence-electron chi connectivity index (χ2n) is 2.05. The van der Waals surface area contributed by atoms with Gasteiger partial charge in [-0.25, -0.2) is 14.8 Å². The summed E-state index contributed by atoms with van der Waals surface area (Å²) in [6.07, 6.45) is 1.47. The summed E-state index contributed by atoms with van der Waals surface area (Å²) >= 11 is 7.67. The van der Waals surface area contributed by atoms with Crippen LogP contribution in [-0.2, 0) is 4.74 Å². The van der Waals surface area contributed by atoms with E-state index in [1.54, 1.807) is 6.92 Å². The first-order valence-electron chi connectivity index (χ1n) is 3.50. The molecule has 0 saturated heterocycles. The van der Waals surface area contributed by atoms with Crippen LogP contribution in [0.4, 0.5) is 0 Å². The first-order chi connectivity index (χ1) is 6.15. The van der Waals surface area contributed by atoms with Crippen LogP contribution < -0.4 is 0 Å². The lowest BCUT2D eigenvalue weighted by atomic mass is 10.5. The van der Waals surface area contributed by atoms with Crippen molar-refractivity contribution in [1.29, 1.82) is 0 Å². The van der Waals surface area contributed by atoms with Gasteiger partial charge in [0, 0.05) is 6.20 Å². The number of halogens is 2. The van der Waals surface area contributed by atoms with Gasteiger partial charge in [-0.05, 0) is 29.5 Å². The summed E-state index contributed by atoms with van der Waals surface area (Å²) in [5, 5.41) is 0.263. The molecule has 13 heavy (non-hydrogen) atoms. The first-order valence-corrected chi connectivity index (χ1v) is 4.96. The van der Waals surface area contributed by atoms with Gasteiger partial charge >= 0.3 is 5.97 Å². The first kappa shape index (κ1) is 10.6. The number of esters is 1. The molecule has 0 aliphatic rings. The molecule has 0 unspecified atom stereocenters. The number of rotatable bonds is 2. The summed E-state index contributed by atoms with van der Waals surface area (Å²) in [5.41, 5.74) is 0. The van der Waals surface area contributed by atoms with Crippen molar-refractivity contribution in [2.45, 2.75) is 6.92 Å². The molecular formula is C7H6ClIN2O2. The van der Waals surface area contributed by atoms with E-state index in [0.717, 1.165) is 0 Å². The fourth-order valence-corrected chi connectivity index (χ4v) is 1.03. The quantitative estimate of drug-likeness (QED) is 0.475. The summed E-state index contributed by atoms with van der Waals surface area (Å²) in [6.45, 7) is 2.01. The molecule has 0 spiro atoms. The van der Waals surface area contributed by atoms with Crippen LogP contribution in [0.3, 0.4) is 0 Å². The molecule has 0 N–H and O–H groups in total. The predicted octanol–water partition coefficient (Wildman–Crippen LogP) is 1.91. The Morgan fingerprint density at radius 1 is 1.77 bits per heavy atom. The van der Waals surface area contributed by atoms with E-state index in [4.69, 9.17) is 16.3 Å². The summed E-state index contributed by atoms with van der Waals surface area (Å²) in [7, 11) is 0. The molecule has 0 amide bonds. The standard InChI is InChI=1S/C7H6ClIN2O2/c1-2-13-7(12)6-10-3-4(9)5(8)11-6/h3H,2H2,1H3. The maximum absolute atomic E-state index is 11.1. The smallest absolute Gasteiger partial charge is 0.376 e. The zero-order valence-electron chi connectivity index (χ0n) is 6.75. The molecule has 0 saturated carbocycles. The van der Waals surface area contributed by atoms with Crippen LogP contribution in [-0.4, -0.2) is 22.5 Å². The van der Waals surface area contributed by atoms with Crippen LogP contribution in [0.1, 0.15) is 17.5 Å². The largest absolute Gasteiger partial charge is 0.460 e. The molecule has 4 nitrogen and oxygen atoms in total. The topological polar surface area (TPSA) is 52.1 Å². The molecule has 0 aliphatic carbocycles. The molecule has 0 aromatic carbocycles. The normalized spacial score (nSPS) is 9.77. The van der Waals surface area contributed by atoms with E-state index in [1.165, 1.54) is 6.20 Å². The molecule has 1 aromatic heterocycles. The Morgan fingerprint density at radius 2 is 2.46 bits per heavy atom. The van der Waals surface area contributed by atoms with Gasteiger partial charge in [0.1, 0.15) is 5.15 Å². The average molecular weight is 312 g/mol. The summed E-state index contributed by atoms with van der Waals surface area (Å²) in [4.78, 5) is 18.6. The molecule has 0 aliphatic heterocycles. The molecular weight excluding hydrogens is 306 g/mol. The maximum Gasteiger partial charge on any atom is 0.376 e. The summed E-state index contributed by atoms with van der Waals surface area (Å²) in [5.74, 6) is -0.562. The van der Waals surface area contributed by atoms with Crippen LogP contribution >= 0.6 is 34.2 Å². The third-order valence-electron chi connectivity index (χ3n) is 1.16. The van der Waals surface area contributed by atoms with Gasteiger partial charge in [0.05, 0.1) is 10.2 Å². The van der Waals surface area contributed by atoms with Crippen molar-refractivity contribution < 1.29 is 9.53 Å².